The highest BCUT2D eigenvalue weighted by Gasteiger charge is 2.29. The zero-order valence-corrected chi connectivity index (χ0v) is 18.7. The number of ether oxygens (including phenoxy) is 1. The van der Waals surface area contributed by atoms with Crippen LogP contribution in [0.5, 0.6) is 5.75 Å². The van der Waals surface area contributed by atoms with Crippen molar-refractivity contribution in [2.75, 3.05) is 29.9 Å². The van der Waals surface area contributed by atoms with Crippen LogP contribution in [-0.4, -0.2) is 40.7 Å². The van der Waals surface area contributed by atoms with E-state index >= 15 is 0 Å². The molecule has 3 heterocycles. The number of para-hydroxylation sites is 2. The number of piperidine rings is 1. The number of aromatic nitrogens is 3. The first-order valence-corrected chi connectivity index (χ1v) is 11.3. The highest BCUT2D eigenvalue weighted by atomic mass is 19.1. The van der Waals surface area contributed by atoms with Gasteiger partial charge in [0.05, 0.1) is 18.2 Å². The summed E-state index contributed by atoms with van der Waals surface area (Å²) < 4.78 is 24.5. The average molecular weight is 461 g/mol. The molecule has 0 radical (unpaired) electrons. The molecule has 1 saturated heterocycles. The minimum Gasteiger partial charge on any atom is -0.492 e. The van der Waals surface area contributed by atoms with E-state index in [1.165, 1.54) is 18.5 Å². The van der Waals surface area contributed by atoms with Crippen molar-refractivity contribution in [3.63, 3.8) is 0 Å². The lowest BCUT2D eigenvalue weighted by atomic mass is 9.96. The number of amides is 1. The zero-order valence-electron chi connectivity index (χ0n) is 18.7. The molecular weight excluding hydrogens is 437 g/mol. The lowest BCUT2D eigenvalue weighted by molar-refractivity contribution is -0.120. The number of hydrogen-bond donors (Lipinski definition) is 1. The highest BCUT2D eigenvalue weighted by molar-refractivity contribution is 5.98. The van der Waals surface area contributed by atoms with Gasteiger partial charge in [0.2, 0.25) is 5.91 Å². The number of hydrogen-bond acceptors (Lipinski definition) is 7. The molecule has 1 aliphatic rings. The maximum atomic E-state index is 13.4. The van der Waals surface area contributed by atoms with E-state index in [0.717, 1.165) is 19.4 Å². The number of halogens is 1. The Morgan fingerprint density at radius 2 is 2.03 bits per heavy atom. The Bertz CT molecular complexity index is 1310. The summed E-state index contributed by atoms with van der Waals surface area (Å²) in [5.41, 5.74) is 2.26. The van der Waals surface area contributed by atoms with E-state index in [4.69, 9.17) is 9.26 Å². The lowest BCUT2D eigenvalue weighted by Crippen LogP contribution is -2.41. The van der Waals surface area contributed by atoms with E-state index < -0.39 is 0 Å². The smallest absolute Gasteiger partial charge is 0.263 e. The molecule has 1 amide bonds. The Balaban J connectivity index is 1.41. The van der Waals surface area contributed by atoms with Crippen LogP contribution in [0.2, 0.25) is 0 Å². The third kappa shape index (κ3) is 4.28. The molecule has 174 valence electrons. The largest absolute Gasteiger partial charge is 0.492 e. The molecule has 1 atom stereocenters. The van der Waals surface area contributed by atoms with Gasteiger partial charge in [-0.15, -0.1) is 0 Å². The normalized spacial score (nSPS) is 15.9. The van der Waals surface area contributed by atoms with Crippen LogP contribution in [0.1, 0.15) is 19.8 Å². The van der Waals surface area contributed by atoms with Gasteiger partial charge in [0.15, 0.2) is 0 Å². The van der Waals surface area contributed by atoms with Crippen molar-refractivity contribution >= 4 is 28.5 Å². The Hall–Kier alpha value is -4.01. The Labute approximate surface area is 195 Å². The fraction of sp³-hybridized carbons (Fsp3) is 0.280. The van der Waals surface area contributed by atoms with Gasteiger partial charge in [0, 0.05) is 18.7 Å². The van der Waals surface area contributed by atoms with Crippen LogP contribution in [0.3, 0.4) is 0 Å². The molecule has 2 aromatic carbocycles. The molecule has 1 N–H and O–H groups in total. The second kappa shape index (κ2) is 9.46. The SMILES string of the molecule is CCOc1ccccc1NC(=O)C1CCCN(c2ncnc3onc(-c4ccc(F)cc4)c23)C1. The van der Waals surface area contributed by atoms with Crippen LogP contribution in [0, 0.1) is 11.7 Å². The number of nitrogens with zero attached hydrogens (tertiary/aromatic N) is 4. The Morgan fingerprint density at radius 3 is 2.85 bits per heavy atom. The Kier molecular flexibility index (Phi) is 6.07. The molecule has 34 heavy (non-hydrogen) atoms. The van der Waals surface area contributed by atoms with Crippen LogP contribution >= 0.6 is 0 Å². The van der Waals surface area contributed by atoms with Gasteiger partial charge in [-0.25, -0.2) is 9.37 Å². The maximum Gasteiger partial charge on any atom is 0.263 e. The second-order valence-corrected chi connectivity index (χ2v) is 8.12. The summed E-state index contributed by atoms with van der Waals surface area (Å²) in [6, 6.07) is 13.5. The molecule has 0 spiro atoms. The monoisotopic (exact) mass is 461 g/mol. The van der Waals surface area contributed by atoms with E-state index in [-0.39, 0.29) is 17.6 Å². The summed E-state index contributed by atoms with van der Waals surface area (Å²) in [4.78, 5) is 23.9. The molecule has 9 heteroatoms. The van der Waals surface area contributed by atoms with Crippen molar-refractivity contribution in [1.82, 2.24) is 15.1 Å². The van der Waals surface area contributed by atoms with E-state index in [1.807, 2.05) is 31.2 Å². The molecule has 1 aliphatic heterocycles. The number of anilines is 2. The first-order chi connectivity index (χ1) is 16.6. The van der Waals surface area contributed by atoms with Crippen molar-refractivity contribution < 1.29 is 18.4 Å². The van der Waals surface area contributed by atoms with Gasteiger partial charge in [-0.1, -0.05) is 17.3 Å². The standard InChI is InChI=1S/C25H24FN5O3/c1-2-33-20-8-4-3-7-19(20)29-24(32)17-6-5-13-31(14-17)23-21-22(16-9-11-18(26)12-10-16)30-34-25(21)28-15-27-23/h3-4,7-12,15,17H,2,5-6,13-14H2,1H3,(H,29,32). The van der Waals surface area contributed by atoms with Gasteiger partial charge in [0.1, 0.15) is 34.8 Å². The molecule has 1 unspecified atom stereocenters. The number of benzene rings is 2. The van der Waals surface area contributed by atoms with Crippen LogP contribution in [0.25, 0.3) is 22.4 Å². The van der Waals surface area contributed by atoms with Crippen molar-refractivity contribution in [3.05, 3.63) is 60.7 Å². The second-order valence-electron chi connectivity index (χ2n) is 8.12. The number of fused-ring (bicyclic) bond motifs is 1. The highest BCUT2D eigenvalue weighted by Crippen LogP contribution is 2.35. The molecule has 2 aromatic heterocycles. The number of carbonyl (C=O) groups is 1. The summed E-state index contributed by atoms with van der Waals surface area (Å²) in [5.74, 6) is 0.673. The molecule has 1 fully saturated rings. The minimum absolute atomic E-state index is 0.0637. The van der Waals surface area contributed by atoms with Gasteiger partial charge in [-0.05, 0) is 56.2 Å². The van der Waals surface area contributed by atoms with Crippen LogP contribution in [0.15, 0.2) is 59.4 Å². The summed E-state index contributed by atoms with van der Waals surface area (Å²) in [6.45, 7) is 3.65. The average Bonchev–Trinajstić information content (AvgIpc) is 3.30. The molecule has 8 nitrogen and oxygen atoms in total. The summed E-state index contributed by atoms with van der Waals surface area (Å²) in [6.07, 6.45) is 3.02. The topological polar surface area (TPSA) is 93.4 Å². The van der Waals surface area contributed by atoms with Gasteiger partial charge in [-0.3, -0.25) is 4.79 Å². The van der Waals surface area contributed by atoms with Crippen molar-refractivity contribution in [3.8, 4) is 17.0 Å². The predicted octanol–water partition coefficient (Wildman–Crippen LogP) is 4.68. The van der Waals surface area contributed by atoms with E-state index in [1.54, 1.807) is 12.1 Å². The Morgan fingerprint density at radius 1 is 1.21 bits per heavy atom. The third-order valence-corrected chi connectivity index (χ3v) is 5.91. The van der Waals surface area contributed by atoms with E-state index in [2.05, 4.69) is 25.3 Å². The third-order valence-electron chi connectivity index (χ3n) is 5.91. The van der Waals surface area contributed by atoms with Crippen molar-refractivity contribution in [2.24, 2.45) is 5.92 Å². The first kappa shape index (κ1) is 21.8. The molecule has 4 aromatic rings. The van der Waals surface area contributed by atoms with Crippen molar-refractivity contribution in [1.29, 1.82) is 0 Å². The first-order valence-electron chi connectivity index (χ1n) is 11.3. The lowest BCUT2D eigenvalue weighted by Gasteiger charge is -2.33. The molecule has 0 aliphatic carbocycles. The van der Waals surface area contributed by atoms with Crippen LogP contribution in [0.4, 0.5) is 15.9 Å². The number of nitrogens with one attached hydrogen (secondary N) is 1. The minimum atomic E-state index is -0.330. The summed E-state index contributed by atoms with van der Waals surface area (Å²) >= 11 is 0. The predicted molar refractivity (Wildman–Crippen MR) is 126 cm³/mol. The van der Waals surface area contributed by atoms with E-state index in [9.17, 15) is 9.18 Å². The molecule has 0 saturated carbocycles. The van der Waals surface area contributed by atoms with Crippen LogP contribution < -0.4 is 15.0 Å². The van der Waals surface area contributed by atoms with E-state index in [0.29, 0.717) is 52.8 Å². The number of rotatable bonds is 6. The van der Waals surface area contributed by atoms with Crippen molar-refractivity contribution in [2.45, 2.75) is 19.8 Å². The zero-order chi connectivity index (χ0) is 23.5. The quantitative estimate of drug-likeness (QED) is 0.446. The molecule has 5 rings (SSSR count). The maximum absolute atomic E-state index is 13.4. The van der Waals surface area contributed by atoms with Crippen LogP contribution in [-0.2, 0) is 4.79 Å². The number of carbonyl (C=O) groups excluding carboxylic acids is 1. The summed E-state index contributed by atoms with van der Waals surface area (Å²) in [5, 5.41) is 7.84. The molecule has 0 bridgehead atoms. The van der Waals surface area contributed by atoms with Gasteiger partial charge in [0.25, 0.3) is 5.71 Å². The fourth-order valence-electron chi connectivity index (χ4n) is 4.29. The fourth-order valence-corrected chi connectivity index (χ4v) is 4.29. The molecular formula is C25H24FN5O3. The van der Waals surface area contributed by atoms with Gasteiger partial charge >= 0.3 is 0 Å². The summed E-state index contributed by atoms with van der Waals surface area (Å²) in [7, 11) is 0. The van der Waals surface area contributed by atoms with Gasteiger partial charge < -0.3 is 19.5 Å². The van der Waals surface area contributed by atoms with Gasteiger partial charge in [-0.2, -0.15) is 4.98 Å².